The monoisotopic (exact) mass is 339 g/mol. The molecule has 0 fully saturated rings. The van der Waals surface area contributed by atoms with Crippen molar-refractivity contribution >= 4 is 28.5 Å². The summed E-state index contributed by atoms with van der Waals surface area (Å²) in [5, 5.41) is 11.4. The van der Waals surface area contributed by atoms with Crippen molar-refractivity contribution in [1.29, 1.82) is 0 Å². The van der Waals surface area contributed by atoms with Crippen LogP contribution in [0.1, 0.15) is 40.0 Å². The molecule has 0 saturated carbocycles. The van der Waals surface area contributed by atoms with Gasteiger partial charge in [-0.2, -0.15) is 0 Å². The van der Waals surface area contributed by atoms with E-state index < -0.39 is 5.97 Å². The third-order valence-corrected chi connectivity index (χ3v) is 5.15. The van der Waals surface area contributed by atoms with Crippen molar-refractivity contribution in [2.45, 2.75) is 32.2 Å². The van der Waals surface area contributed by atoms with E-state index in [1.54, 1.807) is 12.1 Å². The summed E-state index contributed by atoms with van der Waals surface area (Å²) in [5.41, 5.74) is 5.07. The van der Waals surface area contributed by atoms with Crippen LogP contribution in [0.4, 0.5) is 0 Å². The van der Waals surface area contributed by atoms with Crippen LogP contribution in [0.15, 0.2) is 42.5 Å². The molecule has 0 saturated heterocycles. The minimum atomic E-state index is -0.876. The Hall–Kier alpha value is -2.26. The van der Waals surface area contributed by atoms with Gasteiger partial charge in [-0.05, 0) is 61.1 Å². The highest BCUT2D eigenvalue weighted by molar-refractivity contribution is 6.31. The van der Waals surface area contributed by atoms with Crippen LogP contribution >= 0.6 is 11.6 Å². The van der Waals surface area contributed by atoms with E-state index in [1.807, 2.05) is 24.3 Å². The molecule has 3 aromatic rings. The first-order chi connectivity index (χ1) is 11.6. The van der Waals surface area contributed by atoms with Gasteiger partial charge in [-0.1, -0.05) is 29.8 Å². The van der Waals surface area contributed by atoms with Gasteiger partial charge >= 0.3 is 5.97 Å². The van der Waals surface area contributed by atoms with Crippen LogP contribution in [0.3, 0.4) is 0 Å². The molecule has 3 nitrogen and oxygen atoms in total. The summed E-state index contributed by atoms with van der Waals surface area (Å²) in [6.07, 6.45) is 4.48. The lowest BCUT2D eigenvalue weighted by atomic mass is 9.95. The summed E-state index contributed by atoms with van der Waals surface area (Å²) >= 11 is 6.21. The number of benzene rings is 2. The summed E-state index contributed by atoms with van der Waals surface area (Å²) < 4.78 is 2.28. The van der Waals surface area contributed by atoms with Gasteiger partial charge in [-0.3, -0.25) is 0 Å². The molecule has 1 aromatic heterocycles. The molecule has 1 aliphatic rings. The second-order valence-corrected chi connectivity index (χ2v) is 6.78. The third-order valence-electron chi connectivity index (χ3n) is 4.92. The summed E-state index contributed by atoms with van der Waals surface area (Å²) in [6.45, 7) is 0.579. The van der Waals surface area contributed by atoms with Gasteiger partial charge < -0.3 is 9.67 Å². The van der Waals surface area contributed by atoms with E-state index in [9.17, 15) is 9.90 Å². The molecule has 122 valence electrons. The first kappa shape index (κ1) is 15.3. The molecule has 0 aliphatic heterocycles. The van der Waals surface area contributed by atoms with Crippen molar-refractivity contribution in [3.8, 4) is 0 Å². The van der Waals surface area contributed by atoms with Crippen molar-refractivity contribution in [1.82, 2.24) is 4.57 Å². The lowest BCUT2D eigenvalue weighted by Crippen LogP contribution is -2.11. The molecular formula is C20H18ClNO2. The molecule has 0 spiro atoms. The average Bonchev–Trinajstić information content (AvgIpc) is 2.89. The number of hydrogen-bond donors (Lipinski definition) is 1. The average molecular weight is 340 g/mol. The van der Waals surface area contributed by atoms with Gasteiger partial charge in [-0.25, -0.2) is 4.79 Å². The second kappa shape index (κ2) is 5.99. The number of halogens is 1. The molecule has 1 heterocycles. The van der Waals surface area contributed by atoms with Gasteiger partial charge in [0.1, 0.15) is 0 Å². The van der Waals surface area contributed by atoms with Gasteiger partial charge in [0.15, 0.2) is 0 Å². The second-order valence-electron chi connectivity index (χ2n) is 6.34. The topological polar surface area (TPSA) is 42.2 Å². The van der Waals surface area contributed by atoms with E-state index in [-0.39, 0.29) is 0 Å². The van der Waals surface area contributed by atoms with E-state index in [0.29, 0.717) is 12.1 Å². The molecule has 1 aliphatic carbocycles. The Balaban J connectivity index is 1.90. The maximum Gasteiger partial charge on any atom is 0.336 e. The van der Waals surface area contributed by atoms with Crippen LogP contribution in [0.25, 0.3) is 10.9 Å². The fraction of sp³-hybridized carbons (Fsp3) is 0.250. The first-order valence-corrected chi connectivity index (χ1v) is 8.63. The predicted molar refractivity (Wildman–Crippen MR) is 96.1 cm³/mol. The Morgan fingerprint density at radius 1 is 1.12 bits per heavy atom. The van der Waals surface area contributed by atoms with Crippen molar-refractivity contribution in [2.24, 2.45) is 0 Å². The lowest BCUT2D eigenvalue weighted by Gasteiger charge is -2.17. The number of aryl methyl sites for hydroxylation is 1. The predicted octanol–water partition coefficient (Wildman–Crippen LogP) is 4.92. The Morgan fingerprint density at radius 2 is 1.92 bits per heavy atom. The van der Waals surface area contributed by atoms with E-state index >= 15 is 0 Å². The smallest absolute Gasteiger partial charge is 0.336 e. The van der Waals surface area contributed by atoms with Crippen LogP contribution in [-0.2, 0) is 19.4 Å². The van der Waals surface area contributed by atoms with Crippen LogP contribution in [-0.4, -0.2) is 15.6 Å². The Morgan fingerprint density at radius 3 is 2.75 bits per heavy atom. The molecule has 0 bridgehead atoms. The number of fused-ring (bicyclic) bond motifs is 3. The molecule has 0 radical (unpaired) electrons. The van der Waals surface area contributed by atoms with Crippen molar-refractivity contribution in [2.75, 3.05) is 0 Å². The zero-order valence-corrected chi connectivity index (χ0v) is 14.0. The number of aromatic nitrogens is 1. The van der Waals surface area contributed by atoms with Gasteiger partial charge in [0.2, 0.25) is 0 Å². The van der Waals surface area contributed by atoms with Gasteiger partial charge in [0.05, 0.1) is 5.56 Å². The number of rotatable bonds is 3. The highest BCUT2D eigenvalue weighted by Gasteiger charge is 2.21. The van der Waals surface area contributed by atoms with Crippen LogP contribution in [0.5, 0.6) is 0 Å². The molecule has 0 unspecified atom stereocenters. The highest BCUT2D eigenvalue weighted by atomic mass is 35.5. The quantitative estimate of drug-likeness (QED) is 0.736. The summed E-state index contributed by atoms with van der Waals surface area (Å²) in [6, 6.07) is 13.3. The fourth-order valence-electron chi connectivity index (χ4n) is 3.83. The lowest BCUT2D eigenvalue weighted by molar-refractivity contribution is 0.0695. The highest BCUT2D eigenvalue weighted by Crippen LogP contribution is 2.34. The molecule has 4 heteroatoms. The molecule has 1 N–H and O–H groups in total. The van der Waals surface area contributed by atoms with Crippen LogP contribution in [0.2, 0.25) is 5.02 Å². The third kappa shape index (κ3) is 2.49. The number of carboxylic acid groups (broad SMARTS) is 1. The van der Waals surface area contributed by atoms with Crippen LogP contribution in [0, 0.1) is 0 Å². The Labute approximate surface area is 145 Å². The number of carbonyl (C=O) groups is 1. The Kier molecular flexibility index (Phi) is 3.81. The molecule has 24 heavy (non-hydrogen) atoms. The Bertz CT molecular complexity index is 942. The first-order valence-electron chi connectivity index (χ1n) is 8.26. The number of carboxylic acids is 1. The standard InChI is InChI=1S/C20H18ClNO2/c21-14-9-10-19-17(11-14)16-7-3-4-8-18(16)22(19)12-13-5-1-2-6-15(13)20(23)24/h1-2,5-6,9-11H,3-4,7-8,12H2,(H,23,24). The maximum absolute atomic E-state index is 11.5. The number of hydrogen-bond acceptors (Lipinski definition) is 1. The minimum absolute atomic E-state index is 0.373. The van der Waals surface area contributed by atoms with E-state index in [1.165, 1.54) is 29.5 Å². The summed E-state index contributed by atoms with van der Waals surface area (Å²) in [7, 11) is 0. The van der Waals surface area contributed by atoms with Gasteiger partial charge in [-0.15, -0.1) is 0 Å². The normalized spacial score (nSPS) is 13.9. The van der Waals surface area contributed by atoms with E-state index in [2.05, 4.69) is 10.6 Å². The van der Waals surface area contributed by atoms with Gasteiger partial charge in [0.25, 0.3) is 0 Å². The van der Waals surface area contributed by atoms with Gasteiger partial charge in [0, 0.05) is 28.2 Å². The van der Waals surface area contributed by atoms with Crippen molar-refractivity contribution in [3.63, 3.8) is 0 Å². The van der Waals surface area contributed by atoms with E-state index in [0.717, 1.165) is 28.9 Å². The molecular weight excluding hydrogens is 322 g/mol. The zero-order chi connectivity index (χ0) is 16.7. The van der Waals surface area contributed by atoms with E-state index in [4.69, 9.17) is 11.6 Å². The molecule has 2 aromatic carbocycles. The maximum atomic E-state index is 11.5. The molecule has 4 rings (SSSR count). The SMILES string of the molecule is O=C(O)c1ccccc1Cn1c2c(c3cc(Cl)ccc31)CCCC2. The van der Waals surface area contributed by atoms with Crippen LogP contribution < -0.4 is 0 Å². The summed E-state index contributed by atoms with van der Waals surface area (Å²) in [4.78, 5) is 11.5. The van der Waals surface area contributed by atoms with Crippen molar-refractivity contribution < 1.29 is 9.90 Å². The number of aromatic carboxylic acids is 1. The molecule has 0 atom stereocenters. The number of nitrogens with zero attached hydrogens (tertiary/aromatic N) is 1. The zero-order valence-electron chi connectivity index (χ0n) is 13.3. The largest absolute Gasteiger partial charge is 0.478 e. The summed E-state index contributed by atoms with van der Waals surface area (Å²) in [5.74, 6) is -0.876. The molecule has 0 amide bonds. The minimum Gasteiger partial charge on any atom is -0.478 e. The van der Waals surface area contributed by atoms with Crippen molar-refractivity contribution in [3.05, 3.63) is 69.9 Å². The fourth-order valence-corrected chi connectivity index (χ4v) is 4.00.